The van der Waals surface area contributed by atoms with E-state index in [2.05, 4.69) is 0 Å². The summed E-state index contributed by atoms with van der Waals surface area (Å²) in [7, 11) is 0. The molecule has 0 aliphatic rings. The van der Waals surface area contributed by atoms with Crippen LogP contribution in [0.5, 0.6) is 0 Å². The van der Waals surface area contributed by atoms with Crippen LogP contribution < -0.4 is 0 Å². The Morgan fingerprint density at radius 3 is 1.77 bits per heavy atom. The van der Waals surface area contributed by atoms with Gasteiger partial charge in [0.2, 0.25) is 0 Å². The standard InChI is InChI=1S/C16H31NO5/c1-11(2)12(13(19)21-15(3,4)5)17(9-10-18)14(20)22-16(6,7)8/h11-12,18H,9-10H2,1-8H3/t12-/m0/s1. The predicted molar refractivity (Wildman–Crippen MR) is 84.5 cm³/mol. The molecule has 6 heteroatoms. The Labute approximate surface area is 133 Å². The highest BCUT2D eigenvalue weighted by Gasteiger charge is 2.37. The Balaban J connectivity index is 5.35. The molecular formula is C16H31NO5. The SMILES string of the molecule is CC(C)[C@@H](C(=O)OC(C)(C)C)N(CCO)C(=O)OC(C)(C)C. The van der Waals surface area contributed by atoms with Crippen LogP contribution in [0.25, 0.3) is 0 Å². The molecule has 0 aromatic heterocycles. The zero-order valence-corrected chi connectivity index (χ0v) is 15.1. The number of esters is 1. The van der Waals surface area contributed by atoms with E-state index in [4.69, 9.17) is 9.47 Å². The summed E-state index contributed by atoms with van der Waals surface area (Å²) >= 11 is 0. The van der Waals surface area contributed by atoms with Crippen LogP contribution in [-0.4, -0.2) is 52.5 Å². The lowest BCUT2D eigenvalue weighted by molar-refractivity contribution is -0.163. The highest BCUT2D eigenvalue weighted by molar-refractivity contribution is 5.82. The summed E-state index contributed by atoms with van der Waals surface area (Å²) in [5.74, 6) is -0.671. The van der Waals surface area contributed by atoms with Gasteiger partial charge in [-0.1, -0.05) is 13.8 Å². The van der Waals surface area contributed by atoms with E-state index in [1.165, 1.54) is 4.90 Å². The molecule has 1 atom stereocenters. The van der Waals surface area contributed by atoms with Crippen molar-refractivity contribution in [2.75, 3.05) is 13.2 Å². The molecule has 0 bridgehead atoms. The third kappa shape index (κ3) is 7.64. The summed E-state index contributed by atoms with van der Waals surface area (Å²) in [5.41, 5.74) is -1.33. The van der Waals surface area contributed by atoms with E-state index < -0.39 is 29.3 Å². The fourth-order valence-electron chi connectivity index (χ4n) is 1.89. The average Bonchev–Trinajstić information content (AvgIpc) is 2.22. The number of aliphatic hydroxyl groups is 1. The smallest absolute Gasteiger partial charge is 0.411 e. The Morgan fingerprint density at radius 2 is 1.45 bits per heavy atom. The summed E-state index contributed by atoms with van der Waals surface area (Å²) in [5, 5.41) is 9.23. The van der Waals surface area contributed by atoms with Crippen LogP contribution in [0.3, 0.4) is 0 Å². The summed E-state index contributed by atoms with van der Waals surface area (Å²) in [6, 6.07) is -0.804. The summed E-state index contributed by atoms with van der Waals surface area (Å²) in [6.07, 6.45) is -0.633. The fraction of sp³-hybridized carbons (Fsp3) is 0.875. The van der Waals surface area contributed by atoms with Gasteiger partial charge in [-0.3, -0.25) is 4.90 Å². The van der Waals surface area contributed by atoms with Gasteiger partial charge in [-0.15, -0.1) is 0 Å². The number of carbonyl (C=O) groups excluding carboxylic acids is 2. The second-order valence-corrected chi connectivity index (χ2v) is 7.62. The molecular weight excluding hydrogens is 286 g/mol. The molecule has 22 heavy (non-hydrogen) atoms. The zero-order valence-electron chi connectivity index (χ0n) is 15.1. The van der Waals surface area contributed by atoms with Crippen molar-refractivity contribution in [2.24, 2.45) is 5.92 Å². The molecule has 0 radical (unpaired) electrons. The second kappa shape index (κ2) is 7.81. The highest BCUT2D eigenvalue weighted by atomic mass is 16.6. The lowest BCUT2D eigenvalue weighted by Crippen LogP contribution is -2.52. The molecule has 0 aromatic carbocycles. The van der Waals surface area contributed by atoms with Gasteiger partial charge >= 0.3 is 12.1 Å². The van der Waals surface area contributed by atoms with Gasteiger partial charge in [0.15, 0.2) is 0 Å². The van der Waals surface area contributed by atoms with Crippen molar-refractivity contribution in [1.29, 1.82) is 0 Å². The maximum Gasteiger partial charge on any atom is 0.411 e. The first-order chi connectivity index (χ1) is 9.78. The van der Waals surface area contributed by atoms with Crippen LogP contribution in [0.4, 0.5) is 4.79 Å². The summed E-state index contributed by atoms with van der Waals surface area (Å²) in [6.45, 7) is 14.0. The first-order valence-corrected chi connectivity index (χ1v) is 7.62. The monoisotopic (exact) mass is 317 g/mol. The molecule has 6 nitrogen and oxygen atoms in total. The van der Waals surface area contributed by atoms with Crippen LogP contribution in [0, 0.1) is 5.92 Å². The minimum atomic E-state index is -0.804. The van der Waals surface area contributed by atoms with E-state index in [0.29, 0.717) is 0 Å². The van der Waals surface area contributed by atoms with Crippen molar-refractivity contribution in [3.63, 3.8) is 0 Å². The van der Waals surface area contributed by atoms with Crippen molar-refractivity contribution < 1.29 is 24.2 Å². The van der Waals surface area contributed by atoms with E-state index in [0.717, 1.165) is 0 Å². The van der Waals surface area contributed by atoms with Crippen molar-refractivity contribution in [2.45, 2.75) is 72.6 Å². The lowest BCUT2D eigenvalue weighted by Gasteiger charge is -2.35. The van der Waals surface area contributed by atoms with E-state index in [1.54, 1.807) is 41.5 Å². The van der Waals surface area contributed by atoms with Gasteiger partial charge in [-0.25, -0.2) is 9.59 Å². The van der Waals surface area contributed by atoms with Crippen molar-refractivity contribution in [3.05, 3.63) is 0 Å². The zero-order chi connectivity index (χ0) is 17.7. The van der Waals surface area contributed by atoms with Crippen LogP contribution in [0.1, 0.15) is 55.4 Å². The molecule has 1 amide bonds. The third-order valence-corrected chi connectivity index (χ3v) is 2.58. The van der Waals surface area contributed by atoms with Crippen molar-refractivity contribution in [1.82, 2.24) is 4.90 Å². The molecule has 0 fully saturated rings. The number of nitrogens with zero attached hydrogens (tertiary/aromatic N) is 1. The number of hydrogen-bond acceptors (Lipinski definition) is 5. The number of hydrogen-bond donors (Lipinski definition) is 1. The van der Waals surface area contributed by atoms with Gasteiger partial charge in [-0.05, 0) is 47.5 Å². The predicted octanol–water partition coefficient (Wildman–Crippen LogP) is 2.58. The molecule has 0 saturated carbocycles. The molecule has 0 heterocycles. The van der Waals surface area contributed by atoms with E-state index >= 15 is 0 Å². The fourth-order valence-corrected chi connectivity index (χ4v) is 1.89. The van der Waals surface area contributed by atoms with Crippen molar-refractivity contribution in [3.8, 4) is 0 Å². The molecule has 0 aliphatic heterocycles. The molecule has 130 valence electrons. The summed E-state index contributed by atoms with van der Waals surface area (Å²) < 4.78 is 10.7. The Bertz CT molecular complexity index is 379. The number of amides is 1. The van der Waals surface area contributed by atoms with Crippen molar-refractivity contribution >= 4 is 12.1 Å². The van der Waals surface area contributed by atoms with Crippen LogP contribution in [0.2, 0.25) is 0 Å². The van der Waals surface area contributed by atoms with Gasteiger partial charge in [0.05, 0.1) is 6.61 Å². The minimum Gasteiger partial charge on any atom is -0.458 e. The quantitative estimate of drug-likeness (QED) is 0.789. The molecule has 0 rings (SSSR count). The van der Waals surface area contributed by atoms with E-state index in [1.807, 2.05) is 13.8 Å². The molecule has 1 N–H and O–H groups in total. The van der Waals surface area contributed by atoms with Gasteiger partial charge in [0.25, 0.3) is 0 Å². The molecule has 0 unspecified atom stereocenters. The Hall–Kier alpha value is -1.30. The minimum absolute atomic E-state index is 0.0109. The average molecular weight is 317 g/mol. The van der Waals surface area contributed by atoms with Gasteiger partial charge < -0.3 is 14.6 Å². The highest BCUT2D eigenvalue weighted by Crippen LogP contribution is 2.20. The molecule has 0 spiro atoms. The first-order valence-electron chi connectivity index (χ1n) is 7.62. The number of rotatable bonds is 5. The largest absolute Gasteiger partial charge is 0.458 e. The van der Waals surface area contributed by atoms with E-state index in [9.17, 15) is 14.7 Å². The first kappa shape index (κ1) is 20.7. The maximum atomic E-state index is 12.4. The van der Waals surface area contributed by atoms with Gasteiger partial charge in [-0.2, -0.15) is 0 Å². The number of aliphatic hydroxyl groups excluding tert-OH is 1. The topological polar surface area (TPSA) is 76.1 Å². The Morgan fingerprint density at radius 1 is 1.00 bits per heavy atom. The summed E-state index contributed by atoms with van der Waals surface area (Å²) in [4.78, 5) is 26.0. The van der Waals surface area contributed by atoms with Crippen LogP contribution in [0.15, 0.2) is 0 Å². The maximum absolute atomic E-state index is 12.4. The van der Waals surface area contributed by atoms with Crippen LogP contribution >= 0.6 is 0 Å². The molecule has 0 aliphatic carbocycles. The van der Waals surface area contributed by atoms with Gasteiger partial charge in [0.1, 0.15) is 17.2 Å². The Kier molecular flexibility index (Phi) is 7.35. The lowest BCUT2D eigenvalue weighted by atomic mass is 10.0. The second-order valence-electron chi connectivity index (χ2n) is 7.62. The molecule has 0 saturated heterocycles. The number of ether oxygens (including phenoxy) is 2. The normalized spacial score (nSPS) is 13.7. The number of carbonyl (C=O) groups is 2. The van der Waals surface area contributed by atoms with E-state index in [-0.39, 0.29) is 19.1 Å². The van der Waals surface area contributed by atoms with Crippen LogP contribution in [-0.2, 0) is 14.3 Å². The molecule has 0 aromatic rings. The third-order valence-electron chi connectivity index (χ3n) is 2.58. The van der Waals surface area contributed by atoms with Gasteiger partial charge in [0, 0.05) is 6.54 Å².